The number of aromatic nitrogens is 3. The number of aryl methyl sites for hydroxylation is 2. The van der Waals surface area contributed by atoms with Crippen LogP contribution in [0.1, 0.15) is 46.5 Å². The third-order valence-electron chi connectivity index (χ3n) is 3.21. The molecule has 0 atom stereocenters. The molecule has 0 fully saturated rings. The highest BCUT2D eigenvalue weighted by Crippen LogP contribution is 2.24. The lowest BCUT2D eigenvalue weighted by molar-refractivity contribution is 0.0970. The van der Waals surface area contributed by atoms with Gasteiger partial charge in [-0.2, -0.15) is 0 Å². The lowest BCUT2D eigenvalue weighted by Gasteiger charge is -2.13. The summed E-state index contributed by atoms with van der Waals surface area (Å²) < 4.78 is 0. The van der Waals surface area contributed by atoms with E-state index in [-0.39, 0.29) is 5.78 Å². The molecule has 0 aromatic carbocycles. The van der Waals surface area contributed by atoms with Crippen molar-refractivity contribution < 1.29 is 4.79 Å². The van der Waals surface area contributed by atoms with Gasteiger partial charge in [-0.05, 0) is 19.3 Å². The number of nitrogens with zero attached hydrogens (tertiary/aromatic N) is 3. The predicted octanol–water partition coefficient (Wildman–Crippen LogP) is 3.31. The van der Waals surface area contributed by atoms with Gasteiger partial charge in [-0.1, -0.05) is 18.7 Å². The zero-order valence-electron chi connectivity index (χ0n) is 11.3. The molecular weight excluding hydrogens is 290 g/mol. The van der Waals surface area contributed by atoms with Crippen LogP contribution in [0.3, 0.4) is 0 Å². The highest BCUT2D eigenvalue weighted by atomic mass is 32.2. The van der Waals surface area contributed by atoms with E-state index in [0.717, 1.165) is 46.6 Å². The number of rotatable bonds is 4. The molecule has 4 nitrogen and oxygen atoms in total. The fourth-order valence-electron chi connectivity index (χ4n) is 2.16. The van der Waals surface area contributed by atoms with E-state index in [1.165, 1.54) is 0 Å². The summed E-state index contributed by atoms with van der Waals surface area (Å²) in [5, 5.41) is 4.00. The lowest BCUT2D eigenvalue weighted by atomic mass is 9.96. The van der Waals surface area contributed by atoms with Crippen molar-refractivity contribution in [2.24, 2.45) is 0 Å². The first kappa shape index (κ1) is 13.7. The number of carbonyl (C=O) groups excluding carboxylic acids is 1. The highest BCUT2D eigenvalue weighted by molar-refractivity contribution is 7.98. The summed E-state index contributed by atoms with van der Waals surface area (Å²) in [7, 11) is 0. The van der Waals surface area contributed by atoms with Gasteiger partial charge in [0.25, 0.3) is 0 Å². The van der Waals surface area contributed by atoms with Crippen molar-refractivity contribution in [1.29, 1.82) is 0 Å². The van der Waals surface area contributed by atoms with Gasteiger partial charge in [0.15, 0.2) is 10.9 Å². The van der Waals surface area contributed by atoms with Crippen LogP contribution >= 0.6 is 23.1 Å². The third kappa shape index (κ3) is 2.91. The van der Waals surface area contributed by atoms with Crippen molar-refractivity contribution in [1.82, 2.24) is 15.0 Å². The number of fused-ring (bicyclic) bond motifs is 1. The Labute approximate surface area is 126 Å². The van der Waals surface area contributed by atoms with Crippen LogP contribution in [0, 0.1) is 0 Å². The second-order valence-electron chi connectivity index (χ2n) is 4.66. The number of ketones is 1. The van der Waals surface area contributed by atoms with Crippen molar-refractivity contribution in [2.75, 3.05) is 0 Å². The SMILES string of the molecule is CCc1nc(CSc2ncc3c(n2)CCCC3=O)cs1. The van der Waals surface area contributed by atoms with Crippen LogP contribution in [-0.2, 0) is 18.6 Å². The minimum absolute atomic E-state index is 0.176. The van der Waals surface area contributed by atoms with Crippen LogP contribution in [0.4, 0.5) is 0 Å². The Kier molecular flexibility index (Phi) is 4.12. The third-order valence-corrected chi connectivity index (χ3v) is 5.15. The summed E-state index contributed by atoms with van der Waals surface area (Å²) >= 11 is 3.28. The molecule has 2 aromatic heterocycles. The highest BCUT2D eigenvalue weighted by Gasteiger charge is 2.19. The van der Waals surface area contributed by atoms with Crippen LogP contribution in [0.25, 0.3) is 0 Å². The molecular formula is C14H15N3OS2. The second-order valence-corrected chi connectivity index (χ2v) is 6.55. The van der Waals surface area contributed by atoms with Gasteiger partial charge >= 0.3 is 0 Å². The molecule has 2 heterocycles. The molecule has 0 saturated carbocycles. The molecule has 6 heteroatoms. The van der Waals surface area contributed by atoms with Gasteiger partial charge in [-0.3, -0.25) is 4.79 Å². The minimum atomic E-state index is 0.176. The maximum absolute atomic E-state index is 11.7. The molecule has 0 spiro atoms. The molecule has 3 rings (SSSR count). The Bertz CT molecular complexity index is 639. The maximum atomic E-state index is 11.7. The zero-order chi connectivity index (χ0) is 13.9. The quantitative estimate of drug-likeness (QED) is 0.641. The van der Waals surface area contributed by atoms with Crippen molar-refractivity contribution in [3.63, 3.8) is 0 Å². The minimum Gasteiger partial charge on any atom is -0.294 e. The van der Waals surface area contributed by atoms with E-state index in [4.69, 9.17) is 0 Å². The number of Topliss-reactive ketones (excluding diaryl/α,β-unsaturated/α-hetero) is 1. The first-order valence-electron chi connectivity index (χ1n) is 6.71. The van der Waals surface area contributed by atoms with E-state index in [1.54, 1.807) is 29.3 Å². The fraction of sp³-hybridized carbons (Fsp3) is 0.429. The van der Waals surface area contributed by atoms with Gasteiger partial charge in [-0.15, -0.1) is 11.3 Å². The van der Waals surface area contributed by atoms with E-state index < -0.39 is 0 Å². The van der Waals surface area contributed by atoms with Crippen LogP contribution in [0.2, 0.25) is 0 Å². The molecule has 0 unspecified atom stereocenters. The van der Waals surface area contributed by atoms with Gasteiger partial charge in [0.2, 0.25) is 0 Å². The van der Waals surface area contributed by atoms with Crippen LogP contribution < -0.4 is 0 Å². The van der Waals surface area contributed by atoms with Crippen molar-refractivity contribution in [3.05, 3.63) is 33.5 Å². The van der Waals surface area contributed by atoms with Gasteiger partial charge in [-0.25, -0.2) is 15.0 Å². The lowest BCUT2D eigenvalue weighted by Crippen LogP contribution is -2.13. The maximum Gasteiger partial charge on any atom is 0.188 e. The normalized spacial score (nSPS) is 14.3. The second kappa shape index (κ2) is 6.01. The number of thiazole rings is 1. The Morgan fingerprint density at radius 3 is 3.05 bits per heavy atom. The molecule has 20 heavy (non-hydrogen) atoms. The van der Waals surface area contributed by atoms with E-state index in [2.05, 4.69) is 27.3 Å². The zero-order valence-corrected chi connectivity index (χ0v) is 12.9. The topological polar surface area (TPSA) is 55.7 Å². The first-order valence-corrected chi connectivity index (χ1v) is 8.58. The monoisotopic (exact) mass is 305 g/mol. The average molecular weight is 305 g/mol. The standard InChI is InChI=1S/C14H15N3OS2/c1-2-13-16-9(7-19-13)8-20-14-15-6-10-11(17-14)4-3-5-12(10)18/h6-7H,2-5,8H2,1H3. The molecule has 0 amide bonds. The molecule has 2 aromatic rings. The van der Waals surface area contributed by atoms with Gasteiger partial charge in [0.1, 0.15) is 0 Å². The van der Waals surface area contributed by atoms with Crippen LogP contribution in [0.5, 0.6) is 0 Å². The number of carbonyl (C=O) groups is 1. The summed E-state index contributed by atoms with van der Waals surface area (Å²) in [6, 6.07) is 0. The largest absolute Gasteiger partial charge is 0.294 e. The number of hydrogen-bond acceptors (Lipinski definition) is 6. The first-order chi connectivity index (χ1) is 9.76. The predicted molar refractivity (Wildman–Crippen MR) is 80.4 cm³/mol. The molecule has 0 radical (unpaired) electrons. The van der Waals surface area contributed by atoms with Gasteiger partial charge < -0.3 is 0 Å². The number of thioether (sulfide) groups is 1. The molecule has 0 saturated heterocycles. The van der Waals surface area contributed by atoms with Crippen molar-refractivity contribution in [2.45, 2.75) is 43.5 Å². The fourth-order valence-corrected chi connectivity index (χ4v) is 3.74. The smallest absolute Gasteiger partial charge is 0.188 e. The summed E-state index contributed by atoms with van der Waals surface area (Å²) in [5.41, 5.74) is 2.70. The molecule has 0 bridgehead atoms. The van der Waals surface area contributed by atoms with E-state index >= 15 is 0 Å². The Hall–Kier alpha value is -1.27. The number of hydrogen-bond donors (Lipinski definition) is 0. The average Bonchev–Trinajstić information content (AvgIpc) is 2.93. The van der Waals surface area contributed by atoms with E-state index in [1.807, 2.05) is 0 Å². The van der Waals surface area contributed by atoms with Gasteiger partial charge in [0.05, 0.1) is 22.0 Å². The Morgan fingerprint density at radius 2 is 2.25 bits per heavy atom. The van der Waals surface area contributed by atoms with Crippen molar-refractivity contribution in [3.8, 4) is 0 Å². The molecule has 0 N–H and O–H groups in total. The molecule has 0 aliphatic heterocycles. The molecule has 1 aliphatic rings. The van der Waals surface area contributed by atoms with Crippen molar-refractivity contribution >= 4 is 28.9 Å². The molecule has 1 aliphatic carbocycles. The Morgan fingerprint density at radius 1 is 1.35 bits per heavy atom. The summed E-state index contributed by atoms with van der Waals surface area (Å²) in [6.45, 7) is 2.11. The molecule has 104 valence electrons. The van der Waals surface area contributed by atoms with Crippen LogP contribution in [0.15, 0.2) is 16.7 Å². The summed E-state index contributed by atoms with van der Waals surface area (Å²) in [5.74, 6) is 0.957. The summed E-state index contributed by atoms with van der Waals surface area (Å²) in [6.07, 6.45) is 5.08. The van der Waals surface area contributed by atoms with E-state index in [0.29, 0.717) is 12.0 Å². The van der Waals surface area contributed by atoms with E-state index in [9.17, 15) is 4.79 Å². The van der Waals surface area contributed by atoms with Crippen LogP contribution in [-0.4, -0.2) is 20.7 Å². The Balaban J connectivity index is 1.70. The van der Waals surface area contributed by atoms with Gasteiger partial charge in [0, 0.05) is 23.8 Å². The summed E-state index contributed by atoms with van der Waals surface area (Å²) in [4.78, 5) is 25.1.